The van der Waals surface area contributed by atoms with Gasteiger partial charge >= 0.3 is 0 Å². The Hall–Kier alpha value is -2.06. The highest BCUT2D eigenvalue weighted by molar-refractivity contribution is 5.84. The van der Waals surface area contributed by atoms with Crippen LogP contribution in [0, 0.1) is 0 Å². The first-order chi connectivity index (χ1) is 13.9. The summed E-state index contributed by atoms with van der Waals surface area (Å²) in [6.07, 6.45) is 4.82. The molecule has 1 amide bonds. The molecule has 0 saturated carbocycles. The van der Waals surface area contributed by atoms with E-state index in [9.17, 15) is 4.79 Å². The molecule has 0 atom stereocenters. The molecule has 0 aliphatic carbocycles. The summed E-state index contributed by atoms with van der Waals surface area (Å²) in [4.78, 5) is 20.4. The quantitative estimate of drug-likeness (QED) is 0.450. The van der Waals surface area contributed by atoms with Gasteiger partial charge in [0.15, 0.2) is 5.96 Å². The smallest absolute Gasteiger partial charge is 0.243 e. The van der Waals surface area contributed by atoms with Gasteiger partial charge in [0, 0.05) is 52.7 Å². The number of furan rings is 1. The topological polar surface area (TPSA) is 82.3 Å². The Labute approximate surface area is 174 Å². The zero-order valence-electron chi connectivity index (χ0n) is 18.3. The van der Waals surface area contributed by atoms with Gasteiger partial charge in [-0.1, -0.05) is 0 Å². The molecule has 1 aliphatic heterocycles. The third-order valence-electron chi connectivity index (χ3n) is 4.90. The molecule has 1 fully saturated rings. The molecule has 2 rings (SSSR count). The monoisotopic (exact) mass is 407 g/mol. The van der Waals surface area contributed by atoms with Gasteiger partial charge in [-0.3, -0.25) is 4.79 Å². The van der Waals surface area contributed by atoms with Gasteiger partial charge in [0.05, 0.1) is 19.0 Å². The molecule has 0 aromatic carbocycles. The molecule has 0 radical (unpaired) electrons. The number of ether oxygens (including phenoxy) is 1. The fraction of sp³-hybridized carbons (Fsp3) is 0.714. The molecule has 1 aromatic heterocycles. The molecule has 164 valence electrons. The molecule has 8 heteroatoms. The van der Waals surface area contributed by atoms with E-state index >= 15 is 0 Å². The fourth-order valence-electron chi connectivity index (χ4n) is 3.11. The second kappa shape index (κ2) is 12.5. The highest BCUT2D eigenvalue weighted by Gasteiger charge is 2.20. The molecule has 1 saturated heterocycles. The Kier molecular flexibility index (Phi) is 10.0. The van der Waals surface area contributed by atoms with Crippen molar-refractivity contribution in [1.82, 2.24) is 20.4 Å². The molecule has 2 heterocycles. The summed E-state index contributed by atoms with van der Waals surface area (Å²) in [5, 5.41) is 6.84. The molecule has 0 spiro atoms. The number of amides is 1. The van der Waals surface area contributed by atoms with E-state index in [-0.39, 0.29) is 18.6 Å². The second-order valence-electron chi connectivity index (χ2n) is 7.89. The number of piperidine rings is 1. The Balaban J connectivity index is 1.79. The summed E-state index contributed by atoms with van der Waals surface area (Å²) in [5.74, 6) is 1.60. The van der Waals surface area contributed by atoms with Crippen molar-refractivity contribution in [3.8, 4) is 0 Å². The lowest BCUT2D eigenvalue weighted by molar-refractivity contribution is -0.127. The van der Waals surface area contributed by atoms with Crippen LogP contribution in [0.1, 0.15) is 32.4 Å². The van der Waals surface area contributed by atoms with Crippen LogP contribution in [0.15, 0.2) is 27.8 Å². The Bertz CT molecular complexity index is 608. The van der Waals surface area contributed by atoms with Crippen LogP contribution in [-0.4, -0.2) is 87.2 Å². The first-order valence-corrected chi connectivity index (χ1v) is 10.6. The van der Waals surface area contributed by atoms with Gasteiger partial charge in [0.2, 0.25) is 5.91 Å². The van der Waals surface area contributed by atoms with Crippen molar-refractivity contribution in [3.63, 3.8) is 0 Å². The molecule has 29 heavy (non-hydrogen) atoms. The molecule has 2 N–H and O–H groups in total. The van der Waals surface area contributed by atoms with Gasteiger partial charge < -0.3 is 29.6 Å². The summed E-state index contributed by atoms with van der Waals surface area (Å²) < 4.78 is 11.0. The van der Waals surface area contributed by atoms with Crippen molar-refractivity contribution >= 4 is 11.9 Å². The van der Waals surface area contributed by atoms with Crippen LogP contribution < -0.4 is 10.6 Å². The zero-order chi connectivity index (χ0) is 21.1. The van der Waals surface area contributed by atoms with Gasteiger partial charge in [-0.2, -0.15) is 0 Å². The van der Waals surface area contributed by atoms with Crippen LogP contribution in [0.2, 0.25) is 0 Å². The van der Waals surface area contributed by atoms with E-state index in [1.807, 2.05) is 12.1 Å². The van der Waals surface area contributed by atoms with Gasteiger partial charge in [0.1, 0.15) is 12.3 Å². The minimum atomic E-state index is -0.0166. The van der Waals surface area contributed by atoms with Gasteiger partial charge in [0.25, 0.3) is 0 Å². The van der Waals surface area contributed by atoms with Crippen LogP contribution in [0.25, 0.3) is 0 Å². The van der Waals surface area contributed by atoms with E-state index in [2.05, 4.69) is 34.4 Å². The van der Waals surface area contributed by atoms with E-state index in [0.717, 1.165) is 51.3 Å². The van der Waals surface area contributed by atoms with Crippen LogP contribution in [-0.2, 0) is 16.0 Å². The molecular formula is C21H37N5O3. The van der Waals surface area contributed by atoms with Crippen molar-refractivity contribution in [2.45, 2.75) is 45.3 Å². The summed E-state index contributed by atoms with van der Waals surface area (Å²) >= 11 is 0. The van der Waals surface area contributed by atoms with Crippen molar-refractivity contribution in [3.05, 3.63) is 24.2 Å². The van der Waals surface area contributed by atoms with Crippen LogP contribution in [0.5, 0.6) is 0 Å². The Morgan fingerprint density at radius 1 is 1.38 bits per heavy atom. The average molecular weight is 408 g/mol. The maximum absolute atomic E-state index is 11.9. The Morgan fingerprint density at radius 2 is 2.14 bits per heavy atom. The third-order valence-corrected chi connectivity index (χ3v) is 4.90. The first kappa shape index (κ1) is 23.2. The number of likely N-dealkylation sites (tertiary alicyclic amines) is 1. The number of hydrogen-bond acceptors (Lipinski definition) is 5. The SMILES string of the molecule is CC(C)OCCN1CCC(NC(=NCC(=O)N(C)C)NCCc2ccco2)CC1. The van der Waals surface area contributed by atoms with E-state index < -0.39 is 0 Å². The summed E-state index contributed by atoms with van der Waals surface area (Å²) in [5.41, 5.74) is 0. The maximum Gasteiger partial charge on any atom is 0.243 e. The summed E-state index contributed by atoms with van der Waals surface area (Å²) in [6, 6.07) is 4.19. The minimum absolute atomic E-state index is 0.0166. The van der Waals surface area contributed by atoms with E-state index in [4.69, 9.17) is 9.15 Å². The highest BCUT2D eigenvalue weighted by Crippen LogP contribution is 2.10. The molecule has 0 bridgehead atoms. The largest absolute Gasteiger partial charge is 0.469 e. The number of rotatable bonds is 10. The fourth-order valence-corrected chi connectivity index (χ4v) is 3.11. The summed E-state index contributed by atoms with van der Waals surface area (Å²) in [7, 11) is 3.49. The number of nitrogens with one attached hydrogen (secondary N) is 2. The molecule has 8 nitrogen and oxygen atoms in total. The number of aliphatic imine (C=N–C) groups is 1. The van der Waals surface area contributed by atoms with Crippen molar-refractivity contribution < 1.29 is 13.9 Å². The van der Waals surface area contributed by atoms with Crippen LogP contribution in [0.4, 0.5) is 0 Å². The molecular weight excluding hydrogens is 370 g/mol. The normalized spacial score (nSPS) is 16.2. The summed E-state index contributed by atoms with van der Waals surface area (Å²) in [6.45, 7) is 8.79. The first-order valence-electron chi connectivity index (χ1n) is 10.6. The zero-order valence-corrected chi connectivity index (χ0v) is 18.3. The van der Waals surface area contributed by atoms with E-state index in [0.29, 0.717) is 18.5 Å². The van der Waals surface area contributed by atoms with E-state index in [1.54, 1.807) is 25.3 Å². The van der Waals surface area contributed by atoms with Crippen LogP contribution >= 0.6 is 0 Å². The lowest BCUT2D eigenvalue weighted by Crippen LogP contribution is -2.49. The Morgan fingerprint density at radius 3 is 2.76 bits per heavy atom. The lowest BCUT2D eigenvalue weighted by atomic mass is 10.1. The lowest BCUT2D eigenvalue weighted by Gasteiger charge is -2.33. The number of guanidine groups is 1. The number of carbonyl (C=O) groups is 1. The van der Waals surface area contributed by atoms with Crippen molar-refractivity contribution in [2.24, 2.45) is 4.99 Å². The van der Waals surface area contributed by atoms with Crippen LogP contribution in [0.3, 0.4) is 0 Å². The standard InChI is InChI=1S/C21H37N5O3/c1-17(2)28-15-13-26-11-8-18(9-12-26)24-21(23-16-20(27)25(3)4)22-10-7-19-6-5-14-29-19/h5-6,14,17-18H,7-13,15-16H2,1-4H3,(H2,22,23,24). The highest BCUT2D eigenvalue weighted by atomic mass is 16.5. The van der Waals surface area contributed by atoms with E-state index in [1.165, 1.54) is 0 Å². The van der Waals surface area contributed by atoms with Gasteiger partial charge in [-0.05, 0) is 38.8 Å². The number of hydrogen-bond donors (Lipinski definition) is 2. The molecule has 1 aliphatic rings. The second-order valence-corrected chi connectivity index (χ2v) is 7.89. The number of carbonyl (C=O) groups excluding carboxylic acids is 1. The predicted molar refractivity (Wildman–Crippen MR) is 115 cm³/mol. The third kappa shape index (κ3) is 9.32. The van der Waals surface area contributed by atoms with Gasteiger partial charge in [-0.25, -0.2) is 4.99 Å². The van der Waals surface area contributed by atoms with Crippen molar-refractivity contribution in [1.29, 1.82) is 0 Å². The molecule has 1 aromatic rings. The molecule has 0 unspecified atom stereocenters. The predicted octanol–water partition coefficient (Wildman–Crippen LogP) is 1.33. The maximum atomic E-state index is 11.9. The average Bonchev–Trinajstić information content (AvgIpc) is 3.20. The number of likely N-dealkylation sites (N-methyl/N-ethyl adjacent to an activating group) is 1. The minimum Gasteiger partial charge on any atom is -0.469 e. The van der Waals surface area contributed by atoms with Crippen molar-refractivity contribution in [2.75, 3.05) is 53.4 Å². The number of nitrogens with zero attached hydrogens (tertiary/aromatic N) is 3. The van der Waals surface area contributed by atoms with Gasteiger partial charge in [-0.15, -0.1) is 0 Å².